The Morgan fingerprint density at radius 3 is 2.40 bits per heavy atom. The third-order valence-corrected chi connectivity index (χ3v) is 7.01. The molecular formula is C23H29FO6. The summed E-state index contributed by atoms with van der Waals surface area (Å²) in [7, 11) is 0. The fourth-order valence-electron chi connectivity index (χ4n) is 5.23. The molecule has 1 aromatic carbocycles. The zero-order chi connectivity index (χ0) is 20.7. The van der Waals surface area contributed by atoms with Crippen molar-refractivity contribution in [3.05, 3.63) is 35.6 Å². The van der Waals surface area contributed by atoms with E-state index in [0.29, 0.717) is 77.8 Å². The fourth-order valence-corrected chi connectivity index (χ4v) is 5.23. The van der Waals surface area contributed by atoms with E-state index in [1.807, 2.05) is 6.07 Å². The molecule has 4 aliphatic rings. The Kier molecular flexibility index (Phi) is 5.44. The number of ether oxygens (including phenoxy) is 5. The van der Waals surface area contributed by atoms with Gasteiger partial charge >= 0.3 is 0 Å². The summed E-state index contributed by atoms with van der Waals surface area (Å²) in [4.78, 5) is 11.6. The molecular weight excluding hydrogens is 391 g/mol. The van der Waals surface area contributed by atoms with Gasteiger partial charge in [-0.05, 0) is 30.5 Å². The molecule has 5 rings (SSSR count). The number of benzene rings is 1. The number of hydrogen-bond acceptors (Lipinski definition) is 6. The first-order valence-electron chi connectivity index (χ1n) is 11.0. The molecule has 0 amide bonds. The number of ketones is 1. The third kappa shape index (κ3) is 3.94. The molecule has 0 bridgehead atoms. The molecule has 1 unspecified atom stereocenters. The molecule has 0 N–H and O–H groups in total. The lowest BCUT2D eigenvalue weighted by molar-refractivity contribution is -0.223. The first kappa shape index (κ1) is 20.5. The van der Waals surface area contributed by atoms with Crippen molar-refractivity contribution in [2.75, 3.05) is 26.4 Å². The minimum absolute atomic E-state index is 0.196. The van der Waals surface area contributed by atoms with Crippen LogP contribution in [0.4, 0.5) is 4.39 Å². The summed E-state index contributed by atoms with van der Waals surface area (Å²) in [6, 6.07) is 6.67. The molecule has 0 radical (unpaired) electrons. The van der Waals surface area contributed by atoms with Crippen LogP contribution in [-0.4, -0.2) is 49.9 Å². The van der Waals surface area contributed by atoms with E-state index >= 15 is 0 Å². The first-order chi connectivity index (χ1) is 14.5. The summed E-state index contributed by atoms with van der Waals surface area (Å²) in [5.74, 6) is -1.16. The molecule has 2 aliphatic heterocycles. The second-order valence-corrected chi connectivity index (χ2v) is 8.92. The molecule has 4 fully saturated rings. The zero-order valence-electron chi connectivity index (χ0n) is 17.2. The van der Waals surface area contributed by atoms with Gasteiger partial charge in [-0.1, -0.05) is 12.1 Å². The molecule has 164 valence electrons. The fraction of sp³-hybridized carbons (Fsp3) is 0.696. The van der Waals surface area contributed by atoms with Gasteiger partial charge in [0, 0.05) is 38.5 Å². The molecule has 0 aromatic heterocycles. The highest BCUT2D eigenvalue weighted by molar-refractivity contribution is 5.79. The van der Waals surface area contributed by atoms with Crippen LogP contribution in [0.25, 0.3) is 0 Å². The highest BCUT2D eigenvalue weighted by Crippen LogP contribution is 2.47. The highest BCUT2D eigenvalue weighted by Gasteiger charge is 2.49. The smallest absolute Gasteiger partial charge is 0.169 e. The maximum atomic E-state index is 14.0. The van der Waals surface area contributed by atoms with Crippen molar-refractivity contribution in [3.63, 3.8) is 0 Å². The molecule has 2 saturated heterocycles. The number of halogens is 1. The van der Waals surface area contributed by atoms with E-state index < -0.39 is 17.2 Å². The van der Waals surface area contributed by atoms with Crippen LogP contribution in [-0.2, 0) is 34.1 Å². The van der Waals surface area contributed by atoms with Crippen LogP contribution in [0.15, 0.2) is 24.3 Å². The number of hydrogen-bond donors (Lipinski definition) is 0. The molecule has 2 aliphatic carbocycles. The molecule has 2 saturated carbocycles. The van der Waals surface area contributed by atoms with Gasteiger partial charge in [0.2, 0.25) is 0 Å². The largest absolute Gasteiger partial charge is 0.367 e. The van der Waals surface area contributed by atoms with E-state index in [1.165, 1.54) is 6.07 Å². The van der Waals surface area contributed by atoms with Crippen LogP contribution in [0.2, 0.25) is 0 Å². The number of rotatable bonds is 4. The van der Waals surface area contributed by atoms with Gasteiger partial charge in [-0.25, -0.2) is 4.39 Å². The van der Waals surface area contributed by atoms with Crippen molar-refractivity contribution in [1.29, 1.82) is 0 Å². The van der Waals surface area contributed by atoms with E-state index in [-0.39, 0.29) is 17.7 Å². The second kappa shape index (κ2) is 7.95. The maximum Gasteiger partial charge on any atom is 0.169 e. The Balaban J connectivity index is 1.28. The standard InChI is InChI=1S/C23H29FO6/c24-18-3-1-2-17(14-18)21(8-10-22(11-9-21)26-12-13-27-22)28-15-20-16-29-23(30-20)6-4-19(25)5-7-23/h1-3,14,20H,4-13,15-16H2. The number of carbonyl (C=O) groups excluding carboxylic acids is 1. The predicted octanol–water partition coefficient (Wildman–Crippen LogP) is 3.61. The summed E-state index contributed by atoms with van der Waals surface area (Å²) in [6.45, 7) is 2.04. The molecule has 7 heteroatoms. The lowest BCUT2D eigenvalue weighted by atomic mass is 9.76. The first-order valence-corrected chi connectivity index (χ1v) is 11.0. The van der Waals surface area contributed by atoms with Crippen LogP contribution in [0.5, 0.6) is 0 Å². The highest BCUT2D eigenvalue weighted by atomic mass is 19.1. The van der Waals surface area contributed by atoms with Gasteiger partial charge in [0.25, 0.3) is 0 Å². The van der Waals surface area contributed by atoms with Crippen LogP contribution in [0.1, 0.15) is 56.9 Å². The van der Waals surface area contributed by atoms with Gasteiger partial charge in [-0.2, -0.15) is 0 Å². The van der Waals surface area contributed by atoms with Crippen molar-refractivity contribution in [2.24, 2.45) is 0 Å². The molecule has 1 atom stereocenters. The lowest BCUT2D eigenvalue weighted by Gasteiger charge is -2.44. The van der Waals surface area contributed by atoms with Gasteiger partial charge in [-0.3, -0.25) is 4.79 Å². The zero-order valence-corrected chi connectivity index (χ0v) is 17.2. The number of Topliss-reactive ketones (excluding diaryl/α,β-unsaturated/α-hetero) is 1. The van der Waals surface area contributed by atoms with Crippen molar-refractivity contribution in [1.82, 2.24) is 0 Å². The molecule has 30 heavy (non-hydrogen) atoms. The minimum Gasteiger partial charge on any atom is -0.367 e. The monoisotopic (exact) mass is 420 g/mol. The van der Waals surface area contributed by atoms with Crippen molar-refractivity contribution in [3.8, 4) is 0 Å². The second-order valence-electron chi connectivity index (χ2n) is 8.92. The van der Waals surface area contributed by atoms with Crippen LogP contribution < -0.4 is 0 Å². The lowest BCUT2D eigenvalue weighted by Crippen LogP contribution is -2.45. The average molecular weight is 420 g/mol. The normalized spacial score (nSPS) is 29.6. The van der Waals surface area contributed by atoms with Crippen LogP contribution in [0.3, 0.4) is 0 Å². The van der Waals surface area contributed by atoms with Gasteiger partial charge in [0.15, 0.2) is 11.6 Å². The maximum absolute atomic E-state index is 14.0. The van der Waals surface area contributed by atoms with Crippen molar-refractivity contribution >= 4 is 5.78 Å². The summed E-state index contributed by atoms with van der Waals surface area (Å²) >= 11 is 0. The SMILES string of the molecule is O=C1CCC2(CC1)OCC(COC1(c3cccc(F)c3)CCC3(CC1)OCCO3)O2. The Hall–Kier alpha value is -1.38. The molecule has 2 spiro atoms. The van der Waals surface area contributed by atoms with Crippen LogP contribution in [0, 0.1) is 5.82 Å². The van der Waals surface area contributed by atoms with E-state index in [1.54, 1.807) is 12.1 Å². The van der Waals surface area contributed by atoms with Crippen LogP contribution >= 0.6 is 0 Å². The van der Waals surface area contributed by atoms with Crippen molar-refractivity contribution < 1.29 is 32.9 Å². The summed E-state index contributed by atoms with van der Waals surface area (Å²) < 4.78 is 44.4. The molecule has 6 nitrogen and oxygen atoms in total. The predicted molar refractivity (Wildman–Crippen MR) is 104 cm³/mol. The Bertz CT molecular complexity index is 770. The summed E-state index contributed by atoms with van der Waals surface area (Å²) in [5.41, 5.74) is 0.233. The summed E-state index contributed by atoms with van der Waals surface area (Å²) in [5, 5.41) is 0. The quantitative estimate of drug-likeness (QED) is 0.742. The minimum atomic E-state index is -0.643. The van der Waals surface area contributed by atoms with E-state index in [2.05, 4.69) is 0 Å². The Morgan fingerprint density at radius 2 is 1.70 bits per heavy atom. The van der Waals surface area contributed by atoms with Crippen molar-refractivity contribution in [2.45, 2.75) is 74.6 Å². The Labute approximate surface area is 176 Å². The molecule has 2 heterocycles. The van der Waals surface area contributed by atoms with Gasteiger partial charge in [0.1, 0.15) is 17.7 Å². The van der Waals surface area contributed by atoms with E-state index in [0.717, 1.165) is 5.56 Å². The van der Waals surface area contributed by atoms with Gasteiger partial charge < -0.3 is 23.7 Å². The topological polar surface area (TPSA) is 63.2 Å². The van der Waals surface area contributed by atoms with Gasteiger partial charge in [0.05, 0.1) is 32.0 Å². The Morgan fingerprint density at radius 1 is 0.967 bits per heavy atom. The molecule has 1 aromatic rings. The number of carbonyl (C=O) groups is 1. The van der Waals surface area contributed by atoms with Gasteiger partial charge in [-0.15, -0.1) is 0 Å². The van der Waals surface area contributed by atoms with E-state index in [9.17, 15) is 9.18 Å². The van der Waals surface area contributed by atoms with E-state index in [4.69, 9.17) is 23.7 Å². The average Bonchev–Trinajstić information content (AvgIpc) is 3.38. The summed E-state index contributed by atoms with van der Waals surface area (Å²) in [6.07, 6.45) is 4.80. The third-order valence-electron chi connectivity index (χ3n) is 7.01.